The number of nitrogens with one attached hydrogen (secondary N) is 1. The van der Waals surface area contributed by atoms with Crippen LogP contribution in [-0.4, -0.2) is 35.1 Å². The van der Waals surface area contributed by atoms with Crippen LogP contribution in [0, 0.1) is 5.92 Å². The molecule has 0 amide bonds. The highest BCUT2D eigenvalue weighted by atomic mass is 15.2. The highest BCUT2D eigenvalue weighted by Crippen LogP contribution is 2.30. The summed E-state index contributed by atoms with van der Waals surface area (Å²) in [6.45, 7) is 7.19. The first-order chi connectivity index (χ1) is 10.2. The molecule has 3 nitrogen and oxygen atoms in total. The van der Waals surface area contributed by atoms with E-state index in [0.717, 1.165) is 17.7 Å². The van der Waals surface area contributed by atoms with Gasteiger partial charge >= 0.3 is 0 Å². The smallest absolute Gasteiger partial charge is 0.0570 e. The SMILES string of the molecule is C[C@H](N[C@H](C)[C@@H]1CCCN(C2CCC2)C1)c1ccccn1. The first-order valence-corrected chi connectivity index (χ1v) is 8.65. The van der Waals surface area contributed by atoms with Crippen molar-refractivity contribution in [2.75, 3.05) is 13.1 Å². The lowest BCUT2D eigenvalue weighted by atomic mass is 9.85. The molecule has 21 heavy (non-hydrogen) atoms. The summed E-state index contributed by atoms with van der Waals surface area (Å²) in [6, 6.07) is 7.96. The predicted molar refractivity (Wildman–Crippen MR) is 87.2 cm³/mol. The second kappa shape index (κ2) is 6.89. The molecule has 2 aliphatic rings. The average Bonchev–Trinajstić information content (AvgIpc) is 2.46. The van der Waals surface area contributed by atoms with Gasteiger partial charge in [0.25, 0.3) is 0 Å². The first-order valence-electron chi connectivity index (χ1n) is 8.65. The standard InChI is InChI=1S/C18H29N3/c1-14(20-15(2)18-10-3-4-11-19-18)16-7-6-12-21(13-16)17-8-5-9-17/h3-4,10-11,14-17,20H,5-9,12-13H2,1-2H3/t14-,15+,16-/m1/s1. The molecule has 1 N–H and O–H groups in total. The third kappa shape index (κ3) is 3.64. The zero-order valence-electron chi connectivity index (χ0n) is 13.5. The minimum absolute atomic E-state index is 0.334. The third-order valence-electron chi connectivity index (χ3n) is 5.43. The van der Waals surface area contributed by atoms with Crippen molar-refractivity contribution in [2.24, 2.45) is 5.92 Å². The summed E-state index contributed by atoms with van der Waals surface area (Å²) < 4.78 is 0. The van der Waals surface area contributed by atoms with Crippen LogP contribution in [0.5, 0.6) is 0 Å². The molecule has 1 saturated carbocycles. The van der Waals surface area contributed by atoms with Crippen LogP contribution >= 0.6 is 0 Å². The van der Waals surface area contributed by atoms with Crippen LogP contribution in [-0.2, 0) is 0 Å². The van der Waals surface area contributed by atoms with E-state index in [1.807, 2.05) is 12.3 Å². The van der Waals surface area contributed by atoms with Crippen molar-refractivity contribution in [3.63, 3.8) is 0 Å². The molecule has 0 unspecified atom stereocenters. The Bertz CT molecular complexity index is 429. The fraction of sp³-hybridized carbons (Fsp3) is 0.722. The van der Waals surface area contributed by atoms with E-state index >= 15 is 0 Å². The fourth-order valence-corrected chi connectivity index (χ4v) is 3.78. The normalized spacial score (nSPS) is 27.0. The molecule has 1 aromatic rings. The zero-order chi connectivity index (χ0) is 14.7. The average molecular weight is 287 g/mol. The minimum atomic E-state index is 0.334. The van der Waals surface area contributed by atoms with E-state index in [2.05, 4.69) is 41.2 Å². The Morgan fingerprint density at radius 3 is 2.71 bits per heavy atom. The quantitative estimate of drug-likeness (QED) is 0.900. The van der Waals surface area contributed by atoms with Gasteiger partial charge in [-0.1, -0.05) is 12.5 Å². The summed E-state index contributed by atoms with van der Waals surface area (Å²) in [5.41, 5.74) is 1.15. The molecule has 2 fully saturated rings. The lowest BCUT2D eigenvalue weighted by Crippen LogP contribution is -2.50. The van der Waals surface area contributed by atoms with Gasteiger partial charge in [0.15, 0.2) is 0 Å². The number of piperidine rings is 1. The second-order valence-electron chi connectivity index (χ2n) is 6.91. The van der Waals surface area contributed by atoms with Gasteiger partial charge in [0.1, 0.15) is 0 Å². The molecule has 3 heteroatoms. The van der Waals surface area contributed by atoms with Crippen molar-refractivity contribution < 1.29 is 0 Å². The summed E-state index contributed by atoms with van der Waals surface area (Å²) in [6.07, 6.45) is 8.92. The topological polar surface area (TPSA) is 28.2 Å². The van der Waals surface area contributed by atoms with E-state index in [-0.39, 0.29) is 0 Å². The Morgan fingerprint density at radius 1 is 1.19 bits per heavy atom. The van der Waals surface area contributed by atoms with E-state index in [9.17, 15) is 0 Å². The molecule has 3 atom stereocenters. The van der Waals surface area contributed by atoms with E-state index in [0.29, 0.717) is 12.1 Å². The van der Waals surface area contributed by atoms with Crippen LogP contribution < -0.4 is 5.32 Å². The predicted octanol–water partition coefficient (Wildman–Crippen LogP) is 3.39. The van der Waals surface area contributed by atoms with Crippen molar-refractivity contribution in [1.29, 1.82) is 0 Å². The van der Waals surface area contributed by atoms with Gasteiger partial charge in [0.05, 0.1) is 5.69 Å². The number of rotatable bonds is 5. The van der Waals surface area contributed by atoms with Crippen LogP contribution in [0.3, 0.4) is 0 Å². The number of likely N-dealkylation sites (tertiary alicyclic amines) is 1. The van der Waals surface area contributed by atoms with E-state index in [4.69, 9.17) is 0 Å². The third-order valence-corrected chi connectivity index (χ3v) is 5.43. The van der Waals surface area contributed by atoms with Gasteiger partial charge in [-0.15, -0.1) is 0 Å². The molecule has 0 bridgehead atoms. The van der Waals surface area contributed by atoms with Gasteiger partial charge in [-0.2, -0.15) is 0 Å². The van der Waals surface area contributed by atoms with Crippen molar-refractivity contribution in [1.82, 2.24) is 15.2 Å². The first kappa shape index (κ1) is 15.0. The van der Waals surface area contributed by atoms with Crippen LogP contribution in [0.25, 0.3) is 0 Å². The molecule has 1 saturated heterocycles. The molecular formula is C18H29N3. The molecule has 1 aliphatic carbocycles. The van der Waals surface area contributed by atoms with Crippen LogP contribution in [0.2, 0.25) is 0 Å². The van der Waals surface area contributed by atoms with Crippen molar-refractivity contribution >= 4 is 0 Å². The number of hydrogen-bond acceptors (Lipinski definition) is 3. The largest absolute Gasteiger partial charge is 0.306 e. The van der Waals surface area contributed by atoms with Crippen LogP contribution in [0.4, 0.5) is 0 Å². The summed E-state index contributed by atoms with van der Waals surface area (Å²) in [4.78, 5) is 7.22. The van der Waals surface area contributed by atoms with Gasteiger partial charge in [0.2, 0.25) is 0 Å². The molecule has 0 radical (unpaired) electrons. The van der Waals surface area contributed by atoms with Crippen molar-refractivity contribution in [3.05, 3.63) is 30.1 Å². The van der Waals surface area contributed by atoms with Gasteiger partial charge < -0.3 is 10.2 Å². The maximum absolute atomic E-state index is 4.47. The van der Waals surface area contributed by atoms with Gasteiger partial charge in [0, 0.05) is 30.9 Å². The Morgan fingerprint density at radius 2 is 2.05 bits per heavy atom. The Balaban J connectivity index is 1.53. The lowest BCUT2D eigenvalue weighted by Gasteiger charge is -2.44. The Hall–Kier alpha value is -0.930. The minimum Gasteiger partial charge on any atom is -0.306 e. The van der Waals surface area contributed by atoms with Crippen molar-refractivity contribution in [2.45, 2.75) is 64.1 Å². The summed E-state index contributed by atoms with van der Waals surface area (Å²) in [7, 11) is 0. The maximum atomic E-state index is 4.47. The highest BCUT2D eigenvalue weighted by Gasteiger charge is 2.31. The molecule has 3 rings (SSSR count). The Kier molecular flexibility index (Phi) is 4.91. The van der Waals surface area contributed by atoms with Gasteiger partial charge in [-0.05, 0) is 64.1 Å². The highest BCUT2D eigenvalue weighted by molar-refractivity contribution is 5.08. The Labute approximate surface area is 129 Å². The summed E-state index contributed by atoms with van der Waals surface area (Å²) in [5.74, 6) is 0.783. The number of pyridine rings is 1. The molecule has 2 heterocycles. The molecule has 1 aliphatic heterocycles. The molecule has 0 aromatic carbocycles. The number of nitrogens with zero attached hydrogens (tertiary/aromatic N) is 2. The molecule has 0 spiro atoms. The van der Waals surface area contributed by atoms with Gasteiger partial charge in [-0.25, -0.2) is 0 Å². The number of hydrogen-bond donors (Lipinski definition) is 1. The van der Waals surface area contributed by atoms with E-state index < -0.39 is 0 Å². The fourth-order valence-electron chi connectivity index (χ4n) is 3.78. The maximum Gasteiger partial charge on any atom is 0.0570 e. The monoisotopic (exact) mass is 287 g/mol. The van der Waals surface area contributed by atoms with Gasteiger partial charge in [-0.3, -0.25) is 4.98 Å². The van der Waals surface area contributed by atoms with Crippen molar-refractivity contribution in [3.8, 4) is 0 Å². The van der Waals surface area contributed by atoms with E-state index in [1.165, 1.54) is 45.2 Å². The second-order valence-corrected chi connectivity index (χ2v) is 6.91. The molecule has 116 valence electrons. The number of aromatic nitrogens is 1. The summed E-state index contributed by atoms with van der Waals surface area (Å²) in [5, 5.41) is 3.77. The van der Waals surface area contributed by atoms with Crippen LogP contribution in [0.1, 0.15) is 57.7 Å². The lowest BCUT2D eigenvalue weighted by molar-refractivity contribution is 0.0654. The van der Waals surface area contributed by atoms with E-state index in [1.54, 1.807) is 0 Å². The van der Waals surface area contributed by atoms with Crippen LogP contribution in [0.15, 0.2) is 24.4 Å². The summed E-state index contributed by atoms with van der Waals surface area (Å²) >= 11 is 0. The molecule has 1 aromatic heterocycles. The zero-order valence-corrected chi connectivity index (χ0v) is 13.5. The molecular weight excluding hydrogens is 258 g/mol.